The van der Waals surface area contributed by atoms with Crippen molar-refractivity contribution in [2.45, 2.75) is 32.1 Å². The Morgan fingerprint density at radius 1 is 1.00 bits per heavy atom. The van der Waals surface area contributed by atoms with Crippen molar-refractivity contribution >= 4 is 11.6 Å². The van der Waals surface area contributed by atoms with Gasteiger partial charge in [-0.2, -0.15) is 0 Å². The molecular weight excluding hydrogens is 246 g/mol. The SMILES string of the molecule is COCCNCCCCCCc1ccc(Cl)cc1. The van der Waals surface area contributed by atoms with Gasteiger partial charge in [0.2, 0.25) is 0 Å². The summed E-state index contributed by atoms with van der Waals surface area (Å²) in [6, 6.07) is 8.18. The van der Waals surface area contributed by atoms with Gasteiger partial charge in [-0.1, -0.05) is 36.6 Å². The van der Waals surface area contributed by atoms with E-state index in [1.54, 1.807) is 7.11 Å². The normalized spacial score (nSPS) is 10.8. The minimum absolute atomic E-state index is 0.802. The number of unbranched alkanes of at least 4 members (excludes halogenated alkanes) is 3. The van der Waals surface area contributed by atoms with Crippen molar-refractivity contribution in [3.8, 4) is 0 Å². The molecule has 102 valence electrons. The Labute approximate surface area is 116 Å². The first-order valence-electron chi connectivity index (χ1n) is 6.77. The summed E-state index contributed by atoms with van der Waals surface area (Å²) in [6.07, 6.45) is 6.28. The molecule has 0 aliphatic heterocycles. The molecule has 0 spiro atoms. The van der Waals surface area contributed by atoms with E-state index in [1.165, 1.54) is 31.2 Å². The maximum atomic E-state index is 5.85. The Balaban J connectivity index is 1.91. The third-order valence-corrected chi connectivity index (χ3v) is 3.22. The zero-order valence-corrected chi connectivity index (χ0v) is 12.0. The van der Waals surface area contributed by atoms with E-state index < -0.39 is 0 Å². The highest BCUT2D eigenvalue weighted by Crippen LogP contribution is 2.12. The molecule has 0 atom stereocenters. The molecule has 0 amide bonds. The molecule has 0 aliphatic rings. The van der Waals surface area contributed by atoms with Crippen LogP contribution < -0.4 is 5.32 Å². The van der Waals surface area contributed by atoms with Crippen molar-refractivity contribution < 1.29 is 4.74 Å². The lowest BCUT2D eigenvalue weighted by Crippen LogP contribution is -2.20. The highest BCUT2D eigenvalue weighted by molar-refractivity contribution is 6.30. The van der Waals surface area contributed by atoms with Gasteiger partial charge < -0.3 is 10.1 Å². The van der Waals surface area contributed by atoms with Crippen LogP contribution in [0.5, 0.6) is 0 Å². The maximum absolute atomic E-state index is 5.85. The molecule has 1 aromatic carbocycles. The molecule has 0 saturated carbocycles. The van der Waals surface area contributed by atoms with Crippen molar-refractivity contribution in [1.29, 1.82) is 0 Å². The van der Waals surface area contributed by atoms with Crippen molar-refractivity contribution in [2.75, 3.05) is 26.8 Å². The summed E-state index contributed by atoms with van der Waals surface area (Å²) in [6.45, 7) is 2.86. The van der Waals surface area contributed by atoms with E-state index in [0.717, 1.165) is 31.1 Å². The van der Waals surface area contributed by atoms with Gasteiger partial charge >= 0.3 is 0 Å². The second-order valence-corrected chi connectivity index (χ2v) is 4.97. The van der Waals surface area contributed by atoms with Gasteiger partial charge in [0.15, 0.2) is 0 Å². The molecule has 0 saturated heterocycles. The Kier molecular flexibility index (Phi) is 8.92. The number of halogens is 1. The number of methoxy groups -OCH3 is 1. The van der Waals surface area contributed by atoms with Gasteiger partial charge in [0.05, 0.1) is 6.61 Å². The zero-order valence-electron chi connectivity index (χ0n) is 11.3. The number of rotatable bonds is 10. The van der Waals surface area contributed by atoms with Gasteiger partial charge in [-0.3, -0.25) is 0 Å². The van der Waals surface area contributed by atoms with E-state index in [4.69, 9.17) is 16.3 Å². The fourth-order valence-corrected chi connectivity index (χ4v) is 2.01. The second-order valence-electron chi connectivity index (χ2n) is 4.53. The summed E-state index contributed by atoms with van der Waals surface area (Å²) < 4.78 is 4.97. The molecular formula is C15H24ClNO. The highest BCUT2D eigenvalue weighted by Gasteiger charge is 1.94. The molecule has 0 heterocycles. The topological polar surface area (TPSA) is 21.3 Å². The maximum Gasteiger partial charge on any atom is 0.0587 e. The van der Waals surface area contributed by atoms with E-state index in [9.17, 15) is 0 Å². The fourth-order valence-electron chi connectivity index (χ4n) is 1.88. The standard InChI is InChI=1S/C15H24ClNO/c1-18-13-12-17-11-5-3-2-4-6-14-7-9-15(16)10-8-14/h7-10,17H,2-6,11-13H2,1H3. The van der Waals surface area contributed by atoms with Crippen LogP contribution in [0.1, 0.15) is 31.2 Å². The monoisotopic (exact) mass is 269 g/mol. The number of hydrogen-bond acceptors (Lipinski definition) is 2. The largest absolute Gasteiger partial charge is 0.383 e. The molecule has 0 radical (unpaired) electrons. The molecule has 2 nitrogen and oxygen atoms in total. The summed E-state index contributed by atoms with van der Waals surface area (Å²) in [4.78, 5) is 0. The average molecular weight is 270 g/mol. The smallest absolute Gasteiger partial charge is 0.0587 e. The Morgan fingerprint density at radius 2 is 1.72 bits per heavy atom. The van der Waals surface area contributed by atoms with Crippen LogP contribution >= 0.6 is 11.6 Å². The van der Waals surface area contributed by atoms with Crippen LogP contribution in [0.3, 0.4) is 0 Å². The summed E-state index contributed by atoms with van der Waals surface area (Å²) >= 11 is 5.85. The van der Waals surface area contributed by atoms with Gasteiger partial charge in [0.1, 0.15) is 0 Å². The van der Waals surface area contributed by atoms with E-state index in [-0.39, 0.29) is 0 Å². The first-order valence-corrected chi connectivity index (χ1v) is 7.15. The van der Waals surface area contributed by atoms with Crippen LogP contribution in [0.15, 0.2) is 24.3 Å². The lowest BCUT2D eigenvalue weighted by Gasteiger charge is -2.04. The third-order valence-electron chi connectivity index (χ3n) is 2.97. The number of hydrogen-bond donors (Lipinski definition) is 1. The van der Waals surface area contributed by atoms with Crippen molar-refractivity contribution in [2.24, 2.45) is 0 Å². The van der Waals surface area contributed by atoms with Gasteiger partial charge in [0, 0.05) is 18.7 Å². The number of aryl methyl sites for hydroxylation is 1. The Bertz CT molecular complexity index is 300. The first kappa shape index (κ1) is 15.5. The predicted molar refractivity (Wildman–Crippen MR) is 78.4 cm³/mol. The van der Waals surface area contributed by atoms with Crippen LogP contribution in [0.2, 0.25) is 5.02 Å². The summed E-state index contributed by atoms with van der Waals surface area (Å²) in [5.74, 6) is 0. The number of nitrogens with one attached hydrogen (secondary N) is 1. The third kappa shape index (κ3) is 7.70. The number of ether oxygens (including phenoxy) is 1. The van der Waals surface area contributed by atoms with Crippen LogP contribution in [0, 0.1) is 0 Å². The Hall–Kier alpha value is -0.570. The molecule has 18 heavy (non-hydrogen) atoms. The van der Waals surface area contributed by atoms with Crippen LogP contribution in [0.4, 0.5) is 0 Å². The molecule has 1 N–H and O–H groups in total. The summed E-state index contributed by atoms with van der Waals surface area (Å²) in [7, 11) is 1.73. The molecule has 1 aromatic rings. The minimum Gasteiger partial charge on any atom is -0.383 e. The van der Waals surface area contributed by atoms with Crippen molar-refractivity contribution in [3.05, 3.63) is 34.9 Å². The quantitative estimate of drug-likeness (QED) is 0.655. The molecule has 0 bridgehead atoms. The van der Waals surface area contributed by atoms with Gasteiger partial charge in [0.25, 0.3) is 0 Å². The van der Waals surface area contributed by atoms with E-state index in [1.807, 2.05) is 12.1 Å². The number of benzene rings is 1. The molecule has 0 unspecified atom stereocenters. The van der Waals surface area contributed by atoms with Crippen molar-refractivity contribution in [1.82, 2.24) is 5.32 Å². The van der Waals surface area contributed by atoms with Crippen LogP contribution in [-0.2, 0) is 11.2 Å². The molecule has 0 aliphatic carbocycles. The van der Waals surface area contributed by atoms with E-state index in [2.05, 4.69) is 17.4 Å². The van der Waals surface area contributed by atoms with Crippen molar-refractivity contribution in [3.63, 3.8) is 0 Å². The van der Waals surface area contributed by atoms with Gasteiger partial charge in [-0.25, -0.2) is 0 Å². The minimum atomic E-state index is 0.802. The second kappa shape index (κ2) is 10.4. The highest BCUT2D eigenvalue weighted by atomic mass is 35.5. The Morgan fingerprint density at radius 3 is 2.44 bits per heavy atom. The molecule has 0 fully saturated rings. The van der Waals surface area contributed by atoms with E-state index in [0.29, 0.717) is 0 Å². The summed E-state index contributed by atoms with van der Waals surface area (Å²) in [5.41, 5.74) is 1.39. The lowest BCUT2D eigenvalue weighted by atomic mass is 10.1. The molecule has 1 rings (SSSR count). The first-order chi connectivity index (χ1) is 8.83. The lowest BCUT2D eigenvalue weighted by molar-refractivity contribution is 0.199. The van der Waals surface area contributed by atoms with Crippen LogP contribution in [-0.4, -0.2) is 26.8 Å². The average Bonchev–Trinajstić information content (AvgIpc) is 2.39. The molecule has 3 heteroatoms. The summed E-state index contributed by atoms with van der Waals surface area (Å²) in [5, 5.41) is 4.18. The van der Waals surface area contributed by atoms with Gasteiger partial charge in [-0.05, 0) is 43.5 Å². The predicted octanol–water partition coefficient (Wildman–Crippen LogP) is 3.68. The van der Waals surface area contributed by atoms with E-state index >= 15 is 0 Å². The van der Waals surface area contributed by atoms with Gasteiger partial charge in [-0.15, -0.1) is 0 Å². The molecule has 0 aromatic heterocycles. The van der Waals surface area contributed by atoms with Crippen LogP contribution in [0.25, 0.3) is 0 Å². The zero-order chi connectivity index (χ0) is 13.1. The fraction of sp³-hybridized carbons (Fsp3) is 0.600.